The molecule has 4 nitrogen and oxygen atoms in total. The van der Waals surface area contributed by atoms with Crippen LogP contribution in [0.3, 0.4) is 0 Å². The maximum absolute atomic E-state index is 5.78. The van der Waals surface area contributed by atoms with Gasteiger partial charge in [-0.25, -0.2) is 0 Å². The molecule has 0 aliphatic rings. The minimum absolute atomic E-state index is 0. The molecule has 0 radical (unpaired) electrons. The average molecular weight is 352 g/mol. The van der Waals surface area contributed by atoms with Crippen molar-refractivity contribution in [3.63, 3.8) is 0 Å². The summed E-state index contributed by atoms with van der Waals surface area (Å²) < 4.78 is 16.7. The lowest BCUT2D eigenvalue weighted by Gasteiger charge is -2.26. The molecule has 0 heterocycles. The SMILES string of the molecule is CCCCCCCC/C=C/CC(C)OC([NH3+])(OCC)OCC.[Cl-]. The maximum Gasteiger partial charge on any atom is 0.445 e. The number of allylic oxidation sites excluding steroid dienone is 1. The van der Waals surface area contributed by atoms with E-state index in [1.807, 2.05) is 20.8 Å². The third-order valence-corrected chi connectivity index (χ3v) is 3.47. The quantitative estimate of drug-likeness (QED) is 0.272. The van der Waals surface area contributed by atoms with Crippen LogP contribution in [0.5, 0.6) is 0 Å². The van der Waals surface area contributed by atoms with Crippen molar-refractivity contribution >= 4 is 0 Å². The van der Waals surface area contributed by atoms with E-state index in [0.717, 1.165) is 12.8 Å². The zero-order valence-corrected chi connectivity index (χ0v) is 16.4. The molecule has 0 bridgehead atoms. The Bertz CT molecular complexity index is 269. The molecule has 0 rings (SSSR count). The normalized spacial score (nSPS) is 13.3. The summed E-state index contributed by atoms with van der Waals surface area (Å²) in [5.41, 5.74) is 3.89. The van der Waals surface area contributed by atoms with E-state index in [2.05, 4.69) is 24.8 Å². The molecule has 0 fully saturated rings. The molecular weight excluding hydrogens is 314 g/mol. The first kappa shape index (κ1) is 25.1. The lowest BCUT2D eigenvalue weighted by Crippen LogP contribution is -3.00. The maximum atomic E-state index is 5.78. The van der Waals surface area contributed by atoms with E-state index in [9.17, 15) is 0 Å². The monoisotopic (exact) mass is 351 g/mol. The fourth-order valence-electron chi connectivity index (χ4n) is 2.35. The number of hydrogen-bond donors (Lipinski definition) is 1. The molecule has 0 aromatic heterocycles. The van der Waals surface area contributed by atoms with Gasteiger partial charge >= 0.3 is 6.10 Å². The van der Waals surface area contributed by atoms with Crippen LogP contribution in [0, 0.1) is 0 Å². The highest BCUT2D eigenvalue weighted by Crippen LogP contribution is 2.12. The van der Waals surface area contributed by atoms with Crippen LogP contribution in [0.25, 0.3) is 0 Å². The Labute approximate surface area is 149 Å². The van der Waals surface area contributed by atoms with Crippen molar-refractivity contribution < 1.29 is 32.4 Å². The van der Waals surface area contributed by atoms with Gasteiger partial charge in [0.25, 0.3) is 0 Å². The van der Waals surface area contributed by atoms with Gasteiger partial charge in [-0.05, 0) is 40.0 Å². The summed E-state index contributed by atoms with van der Waals surface area (Å²) >= 11 is 0. The Hall–Kier alpha value is -0.130. The van der Waals surface area contributed by atoms with E-state index in [1.54, 1.807) is 0 Å². The highest BCUT2D eigenvalue weighted by molar-refractivity contribution is 4.83. The second-order valence-electron chi connectivity index (χ2n) is 5.74. The van der Waals surface area contributed by atoms with Crippen molar-refractivity contribution in [1.82, 2.24) is 0 Å². The van der Waals surface area contributed by atoms with Crippen LogP contribution in [0.2, 0.25) is 0 Å². The van der Waals surface area contributed by atoms with Crippen molar-refractivity contribution in [2.45, 2.75) is 91.3 Å². The molecule has 0 saturated carbocycles. The van der Waals surface area contributed by atoms with Crippen LogP contribution >= 0.6 is 0 Å². The molecule has 5 heteroatoms. The molecule has 0 aromatic carbocycles. The minimum Gasteiger partial charge on any atom is -1.00 e. The van der Waals surface area contributed by atoms with E-state index in [1.165, 1.54) is 38.5 Å². The third kappa shape index (κ3) is 15.2. The van der Waals surface area contributed by atoms with Gasteiger partial charge in [0.1, 0.15) is 0 Å². The first-order chi connectivity index (χ1) is 10.6. The summed E-state index contributed by atoms with van der Waals surface area (Å²) in [6, 6.07) is 0. The van der Waals surface area contributed by atoms with Gasteiger partial charge in [0.2, 0.25) is 0 Å². The highest BCUT2D eigenvalue weighted by Gasteiger charge is 2.34. The summed E-state index contributed by atoms with van der Waals surface area (Å²) in [6.07, 6.45) is 13.4. The van der Waals surface area contributed by atoms with Gasteiger partial charge in [0.15, 0.2) is 0 Å². The lowest BCUT2D eigenvalue weighted by atomic mass is 10.1. The summed E-state index contributed by atoms with van der Waals surface area (Å²) in [5.74, 6) is 0. The highest BCUT2D eigenvalue weighted by atomic mass is 35.5. The number of unbranched alkanes of at least 4 members (excludes halogenated alkanes) is 6. The largest absolute Gasteiger partial charge is 1.00 e. The molecule has 140 valence electrons. The Morgan fingerprint density at radius 1 is 0.913 bits per heavy atom. The molecule has 1 unspecified atom stereocenters. The molecule has 23 heavy (non-hydrogen) atoms. The zero-order chi connectivity index (χ0) is 16.7. The zero-order valence-electron chi connectivity index (χ0n) is 15.6. The second-order valence-corrected chi connectivity index (χ2v) is 5.74. The summed E-state index contributed by atoms with van der Waals surface area (Å²) in [4.78, 5) is 0. The fourth-order valence-corrected chi connectivity index (χ4v) is 2.35. The van der Waals surface area contributed by atoms with E-state index < -0.39 is 6.10 Å². The molecule has 0 aliphatic carbocycles. The van der Waals surface area contributed by atoms with Crippen LogP contribution in [0.4, 0.5) is 0 Å². The predicted octanol–water partition coefficient (Wildman–Crippen LogP) is 1.02. The van der Waals surface area contributed by atoms with Crippen molar-refractivity contribution in [2.24, 2.45) is 0 Å². The number of ether oxygens (including phenoxy) is 3. The molecule has 3 N–H and O–H groups in total. The van der Waals surface area contributed by atoms with Gasteiger partial charge in [-0.2, -0.15) is 0 Å². The molecule has 0 aromatic rings. The Morgan fingerprint density at radius 3 is 2.04 bits per heavy atom. The molecule has 0 saturated heterocycles. The standard InChI is InChI=1S/C18H37NO3.ClH/c1-5-8-9-10-11-12-13-14-15-16-17(4)22-18(19,20-6-2)21-7-3;/h14-15,17H,5-13,16,19H2,1-4H3;1H/b15-14+;. The van der Waals surface area contributed by atoms with Gasteiger partial charge < -0.3 is 12.4 Å². The smallest absolute Gasteiger partial charge is 0.445 e. The van der Waals surface area contributed by atoms with Crippen molar-refractivity contribution in [3.05, 3.63) is 12.2 Å². The van der Waals surface area contributed by atoms with Gasteiger partial charge in [0.05, 0.1) is 19.3 Å². The Balaban J connectivity index is 0. The van der Waals surface area contributed by atoms with Crippen LogP contribution in [-0.4, -0.2) is 25.4 Å². The number of hydrogen-bond acceptors (Lipinski definition) is 3. The van der Waals surface area contributed by atoms with Crippen LogP contribution in [0.15, 0.2) is 12.2 Å². The van der Waals surface area contributed by atoms with E-state index in [0.29, 0.717) is 13.2 Å². The van der Waals surface area contributed by atoms with Crippen LogP contribution in [0.1, 0.15) is 79.1 Å². The second kappa shape index (κ2) is 16.7. The first-order valence-corrected chi connectivity index (χ1v) is 9.04. The van der Waals surface area contributed by atoms with Crippen LogP contribution in [-0.2, 0) is 14.2 Å². The topological polar surface area (TPSA) is 55.3 Å². The van der Waals surface area contributed by atoms with Crippen LogP contribution < -0.4 is 18.1 Å². The minimum atomic E-state index is -1.17. The van der Waals surface area contributed by atoms with Crippen molar-refractivity contribution in [2.75, 3.05) is 13.2 Å². The Kier molecular flexibility index (Phi) is 18.3. The fraction of sp³-hybridized carbons (Fsp3) is 0.889. The predicted molar refractivity (Wildman–Crippen MR) is 91.2 cm³/mol. The lowest BCUT2D eigenvalue weighted by molar-refractivity contribution is -0.712. The number of halogens is 1. The van der Waals surface area contributed by atoms with Gasteiger partial charge in [-0.1, -0.05) is 51.2 Å². The molecule has 0 aliphatic heterocycles. The van der Waals surface area contributed by atoms with E-state index in [-0.39, 0.29) is 18.5 Å². The molecule has 0 spiro atoms. The first-order valence-electron chi connectivity index (χ1n) is 9.04. The molecule has 0 amide bonds. The Morgan fingerprint density at radius 2 is 1.48 bits per heavy atom. The third-order valence-electron chi connectivity index (χ3n) is 3.47. The molecule has 1 atom stereocenters. The van der Waals surface area contributed by atoms with Gasteiger partial charge in [-0.3, -0.25) is 19.9 Å². The van der Waals surface area contributed by atoms with Crippen molar-refractivity contribution in [1.29, 1.82) is 0 Å². The van der Waals surface area contributed by atoms with Crippen molar-refractivity contribution in [3.8, 4) is 0 Å². The summed E-state index contributed by atoms with van der Waals surface area (Å²) in [5, 5.41) is 0. The van der Waals surface area contributed by atoms with E-state index >= 15 is 0 Å². The average Bonchev–Trinajstić information content (AvgIpc) is 2.45. The van der Waals surface area contributed by atoms with E-state index in [4.69, 9.17) is 14.2 Å². The molecular formula is C18H38ClNO3. The summed E-state index contributed by atoms with van der Waals surface area (Å²) in [7, 11) is 0. The van der Waals surface area contributed by atoms with Gasteiger partial charge in [0, 0.05) is 0 Å². The summed E-state index contributed by atoms with van der Waals surface area (Å²) in [6.45, 7) is 9.13. The number of quaternary nitrogens is 1. The number of rotatable bonds is 15. The van der Waals surface area contributed by atoms with Gasteiger partial charge in [-0.15, -0.1) is 0 Å².